The van der Waals surface area contributed by atoms with Gasteiger partial charge in [-0.2, -0.15) is 9.78 Å². The van der Waals surface area contributed by atoms with Crippen molar-refractivity contribution < 1.29 is 0 Å². The lowest BCUT2D eigenvalue weighted by atomic mass is 10.2. The fourth-order valence-electron chi connectivity index (χ4n) is 2.69. The number of thiocarbonyl (C=S) groups is 1. The third kappa shape index (κ3) is 2.50. The van der Waals surface area contributed by atoms with Crippen LogP contribution in [0.4, 0.5) is 0 Å². The Morgan fingerprint density at radius 2 is 2.04 bits per heavy atom. The van der Waals surface area contributed by atoms with Crippen molar-refractivity contribution in [2.75, 3.05) is 6.54 Å². The summed E-state index contributed by atoms with van der Waals surface area (Å²) in [6.07, 6.45) is 3.19. The topological polar surface area (TPSA) is 80.5 Å². The van der Waals surface area contributed by atoms with E-state index in [1.54, 1.807) is 35.1 Å². The molecule has 0 aliphatic rings. The molecule has 0 bridgehead atoms. The van der Waals surface area contributed by atoms with Crippen LogP contribution in [-0.2, 0) is 0 Å². The molecule has 3 aromatic heterocycles. The van der Waals surface area contributed by atoms with Gasteiger partial charge in [0, 0.05) is 17.8 Å². The Labute approximate surface area is 152 Å². The maximum Gasteiger partial charge on any atom is 0.280 e. The summed E-state index contributed by atoms with van der Waals surface area (Å²) in [5.74, 6) is 0. The number of halogens is 1. The fraction of sp³-hybridized carbons (Fsp3) is 0.125. The van der Waals surface area contributed by atoms with Gasteiger partial charge in [0.25, 0.3) is 5.56 Å². The molecule has 0 spiro atoms. The van der Waals surface area contributed by atoms with Gasteiger partial charge in [0.05, 0.1) is 28.2 Å². The minimum Gasteiger partial charge on any atom is -0.361 e. The second kappa shape index (κ2) is 5.98. The fourth-order valence-corrected chi connectivity index (χ4v) is 3.09. The average molecular weight is 373 g/mol. The number of aromatic amines is 1. The van der Waals surface area contributed by atoms with Gasteiger partial charge >= 0.3 is 0 Å². The van der Waals surface area contributed by atoms with Gasteiger partial charge in [-0.25, -0.2) is 9.67 Å². The van der Waals surface area contributed by atoms with Crippen LogP contribution in [0.25, 0.3) is 27.6 Å². The van der Waals surface area contributed by atoms with E-state index in [4.69, 9.17) is 23.8 Å². The number of hydrogen-bond donors (Lipinski definition) is 2. The average Bonchev–Trinajstić information content (AvgIpc) is 3.17. The normalized spacial score (nSPS) is 11.3. The molecule has 9 heteroatoms. The standard InChI is InChI=1S/C16H13ClN6OS/c1-2-18-16(25)23-14-11(8-20-23)13-12(7-19-14)15(24)22(21-13)10-5-3-9(17)4-6-10/h3-8,21H,2H2,1H3,(H,18,25). The highest BCUT2D eigenvalue weighted by molar-refractivity contribution is 7.80. The maximum absolute atomic E-state index is 12.7. The van der Waals surface area contributed by atoms with E-state index in [1.165, 1.54) is 10.9 Å². The molecule has 2 N–H and O–H groups in total. The van der Waals surface area contributed by atoms with E-state index in [9.17, 15) is 4.79 Å². The Bertz CT molecular complexity index is 1160. The molecule has 4 aromatic rings. The number of nitrogens with zero attached hydrogens (tertiary/aromatic N) is 4. The number of aromatic nitrogens is 5. The molecule has 0 amide bonds. The lowest BCUT2D eigenvalue weighted by Gasteiger charge is -2.05. The Hall–Kier alpha value is -2.71. The van der Waals surface area contributed by atoms with Crippen LogP contribution in [0, 0.1) is 0 Å². The quantitative estimate of drug-likeness (QED) is 0.528. The highest BCUT2D eigenvalue weighted by Crippen LogP contribution is 2.21. The lowest BCUT2D eigenvalue weighted by molar-refractivity contribution is 0.864. The molecule has 4 rings (SSSR count). The Morgan fingerprint density at radius 1 is 1.28 bits per heavy atom. The summed E-state index contributed by atoms with van der Waals surface area (Å²) in [5, 5.41) is 12.7. The molecular formula is C16H13ClN6OS. The molecule has 0 atom stereocenters. The predicted octanol–water partition coefficient (Wildman–Crippen LogP) is 2.46. The number of rotatable bonds is 2. The zero-order valence-corrected chi connectivity index (χ0v) is 14.7. The van der Waals surface area contributed by atoms with Crippen LogP contribution in [0.1, 0.15) is 6.92 Å². The predicted molar refractivity (Wildman–Crippen MR) is 102 cm³/mol. The molecule has 0 fully saturated rings. The zero-order valence-electron chi connectivity index (χ0n) is 13.2. The zero-order chi connectivity index (χ0) is 17.6. The molecule has 0 unspecified atom stereocenters. The molecule has 0 saturated heterocycles. The first-order valence-corrected chi connectivity index (χ1v) is 8.40. The van der Waals surface area contributed by atoms with Crippen LogP contribution in [0.3, 0.4) is 0 Å². The van der Waals surface area contributed by atoms with E-state index >= 15 is 0 Å². The monoisotopic (exact) mass is 372 g/mol. The molecule has 126 valence electrons. The summed E-state index contributed by atoms with van der Waals surface area (Å²) in [6.45, 7) is 2.64. The van der Waals surface area contributed by atoms with Crippen molar-refractivity contribution in [2.45, 2.75) is 6.92 Å². The third-order valence-electron chi connectivity index (χ3n) is 3.86. The van der Waals surface area contributed by atoms with Crippen LogP contribution < -0.4 is 10.9 Å². The second-order valence-corrected chi connectivity index (χ2v) is 6.23. The van der Waals surface area contributed by atoms with Crippen LogP contribution in [0.5, 0.6) is 0 Å². The molecule has 0 aliphatic heterocycles. The van der Waals surface area contributed by atoms with Gasteiger partial charge in [-0.05, 0) is 43.4 Å². The molecule has 0 saturated carbocycles. The van der Waals surface area contributed by atoms with Crippen molar-refractivity contribution >= 4 is 50.9 Å². The summed E-state index contributed by atoms with van der Waals surface area (Å²) in [5.41, 5.74) is 1.75. The molecule has 3 heterocycles. The van der Waals surface area contributed by atoms with Crippen molar-refractivity contribution in [2.24, 2.45) is 0 Å². The highest BCUT2D eigenvalue weighted by atomic mass is 35.5. The van der Waals surface area contributed by atoms with Gasteiger partial charge in [0.2, 0.25) is 0 Å². The Morgan fingerprint density at radius 3 is 2.76 bits per heavy atom. The molecule has 7 nitrogen and oxygen atoms in total. The van der Waals surface area contributed by atoms with Crippen molar-refractivity contribution in [3.05, 3.63) is 52.0 Å². The first-order chi connectivity index (χ1) is 12.1. The first kappa shape index (κ1) is 15.8. The van der Waals surface area contributed by atoms with E-state index in [0.717, 1.165) is 5.39 Å². The maximum atomic E-state index is 12.7. The minimum absolute atomic E-state index is 0.186. The number of nitrogens with one attached hydrogen (secondary N) is 2. The van der Waals surface area contributed by atoms with Gasteiger partial charge in [0.1, 0.15) is 0 Å². The van der Waals surface area contributed by atoms with Crippen molar-refractivity contribution in [3.63, 3.8) is 0 Å². The summed E-state index contributed by atoms with van der Waals surface area (Å²) in [7, 11) is 0. The number of fused-ring (bicyclic) bond motifs is 3. The van der Waals surface area contributed by atoms with Gasteiger partial charge < -0.3 is 5.32 Å². The van der Waals surface area contributed by atoms with E-state index in [2.05, 4.69) is 20.5 Å². The number of pyridine rings is 1. The van der Waals surface area contributed by atoms with E-state index in [1.807, 2.05) is 6.92 Å². The van der Waals surface area contributed by atoms with E-state index in [-0.39, 0.29) is 5.56 Å². The number of hydrogen-bond acceptors (Lipinski definition) is 4. The number of H-pyrrole nitrogens is 1. The SMILES string of the molecule is CCNC(=S)n1ncc2c3[nH]n(-c4ccc(Cl)cc4)c(=O)c3cnc21. The van der Waals surface area contributed by atoms with E-state index in [0.29, 0.717) is 38.9 Å². The van der Waals surface area contributed by atoms with Crippen molar-refractivity contribution in [1.82, 2.24) is 29.9 Å². The Kier molecular flexibility index (Phi) is 3.78. The summed E-state index contributed by atoms with van der Waals surface area (Å²) < 4.78 is 3.01. The number of benzene rings is 1. The second-order valence-electron chi connectivity index (χ2n) is 5.40. The summed E-state index contributed by atoms with van der Waals surface area (Å²) in [6, 6.07) is 7.01. The van der Waals surface area contributed by atoms with Gasteiger partial charge in [-0.1, -0.05) is 11.6 Å². The first-order valence-electron chi connectivity index (χ1n) is 7.61. The molecule has 0 aliphatic carbocycles. The highest BCUT2D eigenvalue weighted by Gasteiger charge is 2.16. The van der Waals surface area contributed by atoms with Crippen LogP contribution in [0.2, 0.25) is 5.02 Å². The molecular weight excluding hydrogens is 360 g/mol. The van der Waals surface area contributed by atoms with E-state index < -0.39 is 0 Å². The van der Waals surface area contributed by atoms with Gasteiger partial charge in [-0.15, -0.1) is 0 Å². The van der Waals surface area contributed by atoms with Gasteiger partial charge in [0.15, 0.2) is 10.8 Å². The third-order valence-corrected chi connectivity index (χ3v) is 4.43. The van der Waals surface area contributed by atoms with Crippen LogP contribution in [0.15, 0.2) is 41.5 Å². The van der Waals surface area contributed by atoms with Crippen LogP contribution >= 0.6 is 23.8 Å². The smallest absolute Gasteiger partial charge is 0.280 e. The summed E-state index contributed by atoms with van der Waals surface area (Å²) in [4.78, 5) is 17.1. The van der Waals surface area contributed by atoms with Crippen LogP contribution in [-0.4, -0.2) is 36.2 Å². The molecule has 1 aromatic carbocycles. The van der Waals surface area contributed by atoms with Crippen molar-refractivity contribution in [3.8, 4) is 5.69 Å². The minimum atomic E-state index is -0.186. The van der Waals surface area contributed by atoms with Gasteiger partial charge in [-0.3, -0.25) is 9.89 Å². The largest absolute Gasteiger partial charge is 0.361 e. The lowest BCUT2D eigenvalue weighted by Crippen LogP contribution is -2.28. The molecule has 0 radical (unpaired) electrons. The van der Waals surface area contributed by atoms with Crippen molar-refractivity contribution in [1.29, 1.82) is 0 Å². The summed E-state index contributed by atoms with van der Waals surface area (Å²) >= 11 is 11.2. The molecule has 25 heavy (non-hydrogen) atoms. The Balaban J connectivity index is 1.94.